The van der Waals surface area contributed by atoms with Gasteiger partial charge in [0.05, 0.1) is 18.0 Å². The third-order valence-corrected chi connectivity index (χ3v) is 4.21. The topological polar surface area (TPSA) is 24.5 Å². The van der Waals surface area contributed by atoms with E-state index in [0.29, 0.717) is 5.92 Å². The molecule has 1 N–H and O–H groups in total. The van der Waals surface area contributed by atoms with Crippen LogP contribution in [-0.2, 0) is 4.74 Å². The Balaban J connectivity index is 1.65. The summed E-state index contributed by atoms with van der Waals surface area (Å²) in [5.74, 6) is 0.675. The third-order valence-electron chi connectivity index (χ3n) is 4.21. The lowest BCUT2D eigenvalue weighted by molar-refractivity contribution is 0.187. The van der Waals surface area contributed by atoms with Gasteiger partial charge in [-0.05, 0) is 37.8 Å². The zero-order chi connectivity index (χ0) is 12.9. The van der Waals surface area contributed by atoms with Crippen LogP contribution in [0.5, 0.6) is 0 Å². The minimum atomic E-state index is 0.675. The van der Waals surface area contributed by atoms with Crippen molar-refractivity contribution < 1.29 is 4.74 Å². The minimum Gasteiger partial charge on any atom is -0.383 e. The van der Waals surface area contributed by atoms with Gasteiger partial charge in [-0.3, -0.25) is 0 Å². The van der Waals surface area contributed by atoms with Crippen LogP contribution in [0.4, 0.5) is 11.4 Å². The van der Waals surface area contributed by atoms with Gasteiger partial charge in [0, 0.05) is 32.2 Å². The van der Waals surface area contributed by atoms with Crippen LogP contribution in [0.15, 0.2) is 24.3 Å². The molecule has 104 valence electrons. The maximum Gasteiger partial charge on any atom is 0.0602 e. The number of hydrogen-bond acceptors (Lipinski definition) is 3. The van der Waals surface area contributed by atoms with E-state index in [1.165, 1.54) is 50.1 Å². The summed E-state index contributed by atoms with van der Waals surface area (Å²) in [7, 11) is 0. The molecule has 2 fully saturated rings. The number of rotatable bonds is 4. The smallest absolute Gasteiger partial charge is 0.0602 e. The van der Waals surface area contributed by atoms with Gasteiger partial charge in [0.2, 0.25) is 0 Å². The predicted molar refractivity (Wildman–Crippen MR) is 79.9 cm³/mol. The Kier molecular flexibility index (Phi) is 4.23. The minimum absolute atomic E-state index is 0.675. The lowest BCUT2D eigenvalue weighted by atomic mass is 10.1. The molecule has 0 amide bonds. The third kappa shape index (κ3) is 3.21. The van der Waals surface area contributed by atoms with Crippen molar-refractivity contribution in [1.29, 1.82) is 0 Å². The maximum absolute atomic E-state index is 5.44. The molecular weight excluding hydrogens is 236 g/mol. The van der Waals surface area contributed by atoms with Crippen molar-refractivity contribution in [3.05, 3.63) is 24.3 Å². The zero-order valence-electron chi connectivity index (χ0n) is 11.6. The highest BCUT2D eigenvalue weighted by Crippen LogP contribution is 2.28. The van der Waals surface area contributed by atoms with Crippen molar-refractivity contribution in [2.24, 2.45) is 5.92 Å². The van der Waals surface area contributed by atoms with Crippen LogP contribution in [0.25, 0.3) is 0 Å². The van der Waals surface area contributed by atoms with E-state index >= 15 is 0 Å². The number of hydrogen-bond donors (Lipinski definition) is 1. The summed E-state index contributed by atoms with van der Waals surface area (Å²) in [6, 6.07) is 8.73. The quantitative estimate of drug-likeness (QED) is 0.900. The number of para-hydroxylation sites is 2. The van der Waals surface area contributed by atoms with Crippen LogP contribution >= 0.6 is 0 Å². The first-order valence-electron chi connectivity index (χ1n) is 7.59. The SMILES string of the molecule is c1ccc(N2CCCCC2)c(NCC2CCOC2)c1. The van der Waals surface area contributed by atoms with Gasteiger partial charge in [0.25, 0.3) is 0 Å². The summed E-state index contributed by atoms with van der Waals surface area (Å²) >= 11 is 0. The van der Waals surface area contributed by atoms with E-state index in [-0.39, 0.29) is 0 Å². The van der Waals surface area contributed by atoms with Crippen molar-refractivity contribution in [2.45, 2.75) is 25.7 Å². The Morgan fingerprint density at radius 2 is 2.00 bits per heavy atom. The summed E-state index contributed by atoms with van der Waals surface area (Å²) in [5, 5.41) is 3.63. The summed E-state index contributed by atoms with van der Waals surface area (Å²) in [4.78, 5) is 2.52. The molecule has 0 radical (unpaired) electrons. The molecule has 2 heterocycles. The Hall–Kier alpha value is -1.22. The molecule has 1 unspecified atom stereocenters. The first kappa shape index (κ1) is 12.8. The standard InChI is InChI=1S/C16H24N2O/c1-4-9-18(10-5-1)16-7-3-2-6-15(16)17-12-14-8-11-19-13-14/h2-3,6-7,14,17H,1,4-5,8-13H2. The van der Waals surface area contributed by atoms with Crippen LogP contribution in [0, 0.1) is 5.92 Å². The van der Waals surface area contributed by atoms with E-state index in [1.54, 1.807) is 0 Å². The average Bonchev–Trinajstić information content (AvgIpc) is 3.00. The molecule has 0 aromatic heterocycles. The lowest BCUT2D eigenvalue weighted by Crippen LogP contribution is -2.30. The molecule has 2 aliphatic rings. The van der Waals surface area contributed by atoms with Crippen LogP contribution < -0.4 is 10.2 Å². The molecule has 0 bridgehead atoms. The molecule has 19 heavy (non-hydrogen) atoms. The Bertz CT molecular complexity index is 395. The van der Waals surface area contributed by atoms with Crippen molar-refractivity contribution in [1.82, 2.24) is 0 Å². The van der Waals surface area contributed by atoms with E-state index in [0.717, 1.165) is 19.8 Å². The number of benzene rings is 1. The molecule has 0 saturated carbocycles. The van der Waals surface area contributed by atoms with Gasteiger partial charge in [-0.25, -0.2) is 0 Å². The summed E-state index contributed by atoms with van der Waals surface area (Å²) < 4.78 is 5.44. The highest BCUT2D eigenvalue weighted by molar-refractivity contribution is 5.70. The summed E-state index contributed by atoms with van der Waals surface area (Å²) in [6.45, 7) is 5.28. The molecule has 3 heteroatoms. The molecule has 1 aromatic rings. The van der Waals surface area contributed by atoms with Gasteiger partial charge in [-0.15, -0.1) is 0 Å². The zero-order valence-corrected chi connectivity index (χ0v) is 11.6. The lowest BCUT2D eigenvalue weighted by Gasteiger charge is -2.31. The fourth-order valence-electron chi connectivity index (χ4n) is 3.03. The van der Waals surface area contributed by atoms with E-state index in [1.807, 2.05) is 0 Å². The van der Waals surface area contributed by atoms with Crippen molar-refractivity contribution >= 4 is 11.4 Å². The first-order valence-corrected chi connectivity index (χ1v) is 7.59. The second-order valence-electron chi connectivity index (χ2n) is 5.68. The monoisotopic (exact) mass is 260 g/mol. The highest BCUT2D eigenvalue weighted by atomic mass is 16.5. The second kappa shape index (κ2) is 6.29. The van der Waals surface area contributed by atoms with Crippen LogP contribution in [-0.4, -0.2) is 32.8 Å². The molecule has 2 saturated heterocycles. The molecule has 0 spiro atoms. The van der Waals surface area contributed by atoms with Gasteiger partial charge >= 0.3 is 0 Å². The number of nitrogens with zero attached hydrogens (tertiary/aromatic N) is 1. The van der Waals surface area contributed by atoms with Gasteiger partial charge in [-0.2, -0.15) is 0 Å². The maximum atomic E-state index is 5.44. The Labute approximate surface area is 115 Å². The fraction of sp³-hybridized carbons (Fsp3) is 0.625. The van der Waals surface area contributed by atoms with Gasteiger partial charge < -0.3 is 15.0 Å². The molecule has 1 atom stereocenters. The Morgan fingerprint density at radius 1 is 1.16 bits per heavy atom. The van der Waals surface area contributed by atoms with E-state index in [9.17, 15) is 0 Å². The summed E-state index contributed by atoms with van der Waals surface area (Å²) in [6.07, 6.45) is 5.22. The molecular formula is C16H24N2O. The van der Waals surface area contributed by atoms with Crippen LogP contribution in [0.1, 0.15) is 25.7 Å². The molecule has 3 rings (SSSR count). The molecule has 2 aliphatic heterocycles. The first-order chi connectivity index (χ1) is 9.43. The second-order valence-corrected chi connectivity index (χ2v) is 5.68. The van der Waals surface area contributed by atoms with E-state index < -0.39 is 0 Å². The number of nitrogens with one attached hydrogen (secondary N) is 1. The normalized spacial score (nSPS) is 23.6. The fourth-order valence-corrected chi connectivity index (χ4v) is 3.03. The van der Waals surface area contributed by atoms with E-state index in [2.05, 4.69) is 34.5 Å². The number of piperidine rings is 1. The van der Waals surface area contributed by atoms with Crippen LogP contribution in [0.3, 0.4) is 0 Å². The number of anilines is 2. The van der Waals surface area contributed by atoms with E-state index in [4.69, 9.17) is 4.74 Å². The van der Waals surface area contributed by atoms with Crippen molar-refractivity contribution in [3.63, 3.8) is 0 Å². The van der Waals surface area contributed by atoms with Crippen LogP contribution in [0.2, 0.25) is 0 Å². The van der Waals surface area contributed by atoms with Crippen molar-refractivity contribution in [3.8, 4) is 0 Å². The largest absolute Gasteiger partial charge is 0.383 e. The molecule has 0 aliphatic carbocycles. The highest BCUT2D eigenvalue weighted by Gasteiger charge is 2.17. The van der Waals surface area contributed by atoms with Gasteiger partial charge in [-0.1, -0.05) is 12.1 Å². The predicted octanol–water partition coefficient (Wildman–Crippen LogP) is 3.13. The Morgan fingerprint density at radius 3 is 2.79 bits per heavy atom. The number of ether oxygens (including phenoxy) is 1. The molecule has 3 nitrogen and oxygen atoms in total. The average molecular weight is 260 g/mol. The van der Waals surface area contributed by atoms with Gasteiger partial charge in [0.15, 0.2) is 0 Å². The van der Waals surface area contributed by atoms with Crippen molar-refractivity contribution in [2.75, 3.05) is 43.1 Å². The molecule has 1 aromatic carbocycles. The van der Waals surface area contributed by atoms with Gasteiger partial charge in [0.1, 0.15) is 0 Å². The summed E-state index contributed by atoms with van der Waals surface area (Å²) in [5.41, 5.74) is 2.66.